The van der Waals surface area contributed by atoms with Crippen LogP contribution in [0.15, 0.2) is 36.5 Å². The third-order valence-electron chi connectivity index (χ3n) is 6.94. The largest absolute Gasteiger partial charge is 0.393 e. The molecule has 0 saturated heterocycles. The van der Waals surface area contributed by atoms with Gasteiger partial charge in [-0.05, 0) is 67.4 Å². The molecule has 5 atom stereocenters. The van der Waals surface area contributed by atoms with Crippen molar-refractivity contribution in [1.82, 2.24) is 15.0 Å². The Morgan fingerprint density at radius 3 is 2.84 bits per heavy atom. The van der Waals surface area contributed by atoms with Gasteiger partial charge < -0.3 is 5.11 Å². The second kappa shape index (κ2) is 6.56. The zero-order valence-corrected chi connectivity index (χ0v) is 15.3. The zero-order valence-electron chi connectivity index (χ0n) is 15.3. The first-order valence-electron chi connectivity index (χ1n) is 9.72. The average Bonchev–Trinajstić information content (AvgIpc) is 3.20. The van der Waals surface area contributed by atoms with Crippen molar-refractivity contribution >= 4 is 0 Å². The van der Waals surface area contributed by atoms with E-state index >= 15 is 0 Å². The van der Waals surface area contributed by atoms with Crippen molar-refractivity contribution in [2.45, 2.75) is 58.5 Å². The van der Waals surface area contributed by atoms with Crippen molar-refractivity contribution in [3.63, 3.8) is 0 Å². The highest BCUT2D eigenvalue weighted by atomic mass is 16.3. The first kappa shape index (κ1) is 16.8. The van der Waals surface area contributed by atoms with Gasteiger partial charge in [0.1, 0.15) is 0 Å². The third-order valence-corrected chi connectivity index (χ3v) is 6.94. The summed E-state index contributed by atoms with van der Waals surface area (Å²) in [5, 5.41) is 19.2. The van der Waals surface area contributed by atoms with Gasteiger partial charge in [-0.15, -0.1) is 5.10 Å². The minimum atomic E-state index is -0.0881. The number of hydrogen-bond donors (Lipinski definition) is 1. The summed E-state index contributed by atoms with van der Waals surface area (Å²) in [6.45, 7) is 4.79. The molecule has 0 spiro atoms. The lowest BCUT2D eigenvalue weighted by atomic mass is 9.61. The van der Waals surface area contributed by atoms with Crippen LogP contribution in [0.3, 0.4) is 0 Å². The highest BCUT2D eigenvalue weighted by Crippen LogP contribution is 2.57. The highest BCUT2D eigenvalue weighted by molar-refractivity contribution is 5.29. The van der Waals surface area contributed by atoms with E-state index in [9.17, 15) is 5.11 Å². The van der Waals surface area contributed by atoms with Crippen LogP contribution in [0, 0.1) is 23.2 Å². The van der Waals surface area contributed by atoms with E-state index in [1.165, 1.54) is 25.7 Å². The van der Waals surface area contributed by atoms with Gasteiger partial charge in [0.2, 0.25) is 0 Å². The average molecular weight is 339 g/mol. The van der Waals surface area contributed by atoms with E-state index in [0.29, 0.717) is 23.2 Å². The third kappa shape index (κ3) is 3.01. The second-order valence-corrected chi connectivity index (χ2v) is 8.43. The summed E-state index contributed by atoms with van der Waals surface area (Å²) in [5.41, 5.74) is 2.42. The smallest absolute Gasteiger partial charge is 0.0834 e. The van der Waals surface area contributed by atoms with E-state index in [0.717, 1.165) is 24.2 Å². The Bertz CT molecular complexity index is 713. The van der Waals surface area contributed by atoms with Crippen molar-refractivity contribution in [3.8, 4) is 5.69 Å². The summed E-state index contributed by atoms with van der Waals surface area (Å²) < 4.78 is 1.87. The van der Waals surface area contributed by atoms with Crippen LogP contribution in [-0.4, -0.2) is 26.2 Å². The Labute approximate surface area is 150 Å². The molecule has 2 saturated carbocycles. The van der Waals surface area contributed by atoms with E-state index in [4.69, 9.17) is 0 Å². The fourth-order valence-corrected chi connectivity index (χ4v) is 5.69. The Morgan fingerprint density at radius 2 is 2.04 bits per heavy atom. The SMILES string of the molecule is C[C@H](Cc1cn(-c2ccccc2)nn1)[C@H]1CC[C@H]2[C@@H](O)CCC[C@]12C. The lowest BCUT2D eigenvalue weighted by Crippen LogP contribution is -2.41. The van der Waals surface area contributed by atoms with Gasteiger partial charge in [-0.3, -0.25) is 0 Å². The van der Waals surface area contributed by atoms with Crippen LogP contribution in [0.4, 0.5) is 0 Å². The summed E-state index contributed by atoms with van der Waals surface area (Å²) in [6, 6.07) is 10.2. The number of aromatic nitrogens is 3. The van der Waals surface area contributed by atoms with E-state index in [1.807, 2.05) is 35.0 Å². The molecule has 0 unspecified atom stereocenters. The van der Waals surface area contributed by atoms with Gasteiger partial charge in [0.15, 0.2) is 0 Å². The summed E-state index contributed by atoms with van der Waals surface area (Å²) in [5.74, 6) is 1.74. The number of nitrogens with zero attached hydrogens (tertiary/aromatic N) is 3. The normalized spacial score (nSPS) is 33.2. The van der Waals surface area contributed by atoms with Gasteiger partial charge in [-0.2, -0.15) is 0 Å². The van der Waals surface area contributed by atoms with Gasteiger partial charge in [0, 0.05) is 0 Å². The first-order valence-corrected chi connectivity index (χ1v) is 9.72. The molecule has 2 aliphatic carbocycles. The number of benzene rings is 1. The number of hydrogen-bond acceptors (Lipinski definition) is 3. The molecule has 4 nitrogen and oxygen atoms in total. The van der Waals surface area contributed by atoms with Gasteiger partial charge in [0.05, 0.1) is 23.7 Å². The maximum Gasteiger partial charge on any atom is 0.0834 e. The molecule has 1 aromatic heterocycles. The molecule has 134 valence electrons. The maximum absolute atomic E-state index is 10.4. The summed E-state index contributed by atoms with van der Waals surface area (Å²) in [7, 11) is 0. The molecule has 0 amide bonds. The number of aliphatic hydroxyl groups is 1. The number of aliphatic hydroxyl groups excluding tert-OH is 1. The van der Waals surface area contributed by atoms with Crippen LogP contribution in [0.1, 0.15) is 51.6 Å². The Morgan fingerprint density at radius 1 is 1.24 bits per heavy atom. The lowest BCUT2D eigenvalue weighted by molar-refractivity contribution is -0.0269. The fourth-order valence-electron chi connectivity index (χ4n) is 5.69. The van der Waals surface area contributed by atoms with Crippen LogP contribution in [0.2, 0.25) is 0 Å². The van der Waals surface area contributed by atoms with Crippen LogP contribution >= 0.6 is 0 Å². The van der Waals surface area contributed by atoms with Crippen molar-refractivity contribution in [2.75, 3.05) is 0 Å². The van der Waals surface area contributed by atoms with Gasteiger partial charge in [-0.25, -0.2) is 4.68 Å². The monoisotopic (exact) mass is 339 g/mol. The molecule has 0 aliphatic heterocycles. The maximum atomic E-state index is 10.4. The van der Waals surface area contributed by atoms with Gasteiger partial charge in [-0.1, -0.05) is 43.7 Å². The summed E-state index contributed by atoms with van der Waals surface area (Å²) in [6.07, 6.45) is 8.80. The Balaban J connectivity index is 1.47. The number of rotatable bonds is 4. The molecule has 2 aromatic rings. The number of fused-ring (bicyclic) bond motifs is 1. The van der Waals surface area contributed by atoms with Gasteiger partial charge in [0.25, 0.3) is 0 Å². The van der Waals surface area contributed by atoms with Gasteiger partial charge >= 0.3 is 0 Å². The quantitative estimate of drug-likeness (QED) is 0.915. The van der Waals surface area contributed by atoms with Crippen molar-refractivity contribution < 1.29 is 5.11 Å². The second-order valence-electron chi connectivity index (χ2n) is 8.43. The van der Waals surface area contributed by atoms with Crippen LogP contribution in [0.5, 0.6) is 0 Å². The first-order chi connectivity index (χ1) is 12.1. The molecular weight excluding hydrogens is 310 g/mol. The molecule has 25 heavy (non-hydrogen) atoms. The fraction of sp³-hybridized carbons (Fsp3) is 0.619. The molecule has 4 rings (SSSR count). The van der Waals surface area contributed by atoms with Crippen LogP contribution in [-0.2, 0) is 6.42 Å². The van der Waals surface area contributed by atoms with E-state index in [1.54, 1.807) is 0 Å². The predicted octanol–water partition coefficient (Wildman–Crippen LogP) is 4.02. The minimum absolute atomic E-state index is 0.0881. The topological polar surface area (TPSA) is 50.9 Å². The molecular formula is C21H29N3O. The van der Waals surface area contributed by atoms with Crippen molar-refractivity contribution in [3.05, 3.63) is 42.2 Å². The summed E-state index contributed by atoms with van der Waals surface area (Å²) >= 11 is 0. The van der Waals surface area contributed by atoms with E-state index < -0.39 is 0 Å². The zero-order chi connectivity index (χ0) is 17.4. The summed E-state index contributed by atoms with van der Waals surface area (Å²) in [4.78, 5) is 0. The Hall–Kier alpha value is -1.68. The predicted molar refractivity (Wildman–Crippen MR) is 98.4 cm³/mol. The number of para-hydroxylation sites is 1. The Kier molecular flexibility index (Phi) is 4.40. The molecule has 2 fully saturated rings. The van der Waals surface area contributed by atoms with Crippen molar-refractivity contribution in [2.24, 2.45) is 23.2 Å². The molecule has 1 heterocycles. The standard InChI is InChI=1S/C21H29N3O/c1-15(18-10-11-19-20(25)9-6-12-21(18,19)2)13-16-14-24(23-22-16)17-7-4-3-5-8-17/h3-5,7-8,14-15,18-20,25H,6,9-13H2,1-2H3/t15-,18-,19+,20+,21-/m1/s1. The molecule has 4 heteroatoms. The van der Waals surface area contributed by atoms with Crippen LogP contribution < -0.4 is 0 Å². The lowest BCUT2D eigenvalue weighted by Gasteiger charge is -2.45. The molecule has 1 N–H and O–H groups in total. The van der Waals surface area contributed by atoms with E-state index in [2.05, 4.69) is 30.4 Å². The van der Waals surface area contributed by atoms with Crippen LogP contribution in [0.25, 0.3) is 5.69 Å². The highest BCUT2D eigenvalue weighted by Gasteiger charge is 2.52. The molecule has 2 aliphatic rings. The van der Waals surface area contributed by atoms with Crippen molar-refractivity contribution in [1.29, 1.82) is 0 Å². The molecule has 0 radical (unpaired) electrons. The van der Waals surface area contributed by atoms with E-state index in [-0.39, 0.29) is 6.10 Å². The minimum Gasteiger partial charge on any atom is -0.393 e. The molecule has 1 aromatic carbocycles. The molecule has 0 bridgehead atoms.